The second-order valence-corrected chi connectivity index (χ2v) is 10.0. The highest BCUT2D eigenvalue weighted by molar-refractivity contribution is 9.10. The number of hydrogen-bond donors (Lipinski definition) is 0. The zero-order chi connectivity index (χ0) is 26.0. The quantitative estimate of drug-likeness (QED) is 0.396. The Balaban J connectivity index is 1.93. The Morgan fingerprint density at radius 3 is 2.53 bits per heavy atom. The summed E-state index contributed by atoms with van der Waals surface area (Å²) in [5.41, 5.74) is 3.34. The molecule has 2 aromatic carbocycles. The molecule has 0 aliphatic carbocycles. The van der Waals surface area contributed by atoms with Gasteiger partial charge in [0.25, 0.3) is 5.56 Å². The molecule has 0 saturated carbocycles. The molecule has 7 nitrogen and oxygen atoms in total. The van der Waals surface area contributed by atoms with Gasteiger partial charge in [0.2, 0.25) is 0 Å². The van der Waals surface area contributed by atoms with Crippen LogP contribution in [0.1, 0.15) is 43.5 Å². The lowest BCUT2D eigenvalue weighted by molar-refractivity contribution is -0.139. The summed E-state index contributed by atoms with van der Waals surface area (Å²) in [6.45, 7) is 8.13. The van der Waals surface area contributed by atoms with Crippen molar-refractivity contribution in [3.05, 3.63) is 88.5 Å². The minimum atomic E-state index is -0.635. The highest BCUT2D eigenvalue weighted by atomic mass is 79.9. The van der Waals surface area contributed by atoms with Gasteiger partial charge in [0.15, 0.2) is 16.3 Å². The van der Waals surface area contributed by atoms with Crippen LogP contribution in [0.4, 0.5) is 0 Å². The molecule has 36 heavy (non-hydrogen) atoms. The third-order valence-corrected chi connectivity index (χ3v) is 7.32. The van der Waals surface area contributed by atoms with Gasteiger partial charge in [0, 0.05) is 0 Å². The molecule has 0 spiro atoms. The number of aromatic nitrogens is 1. The molecule has 0 fully saturated rings. The van der Waals surface area contributed by atoms with Crippen LogP contribution in [-0.4, -0.2) is 30.9 Å². The van der Waals surface area contributed by atoms with E-state index in [9.17, 15) is 9.59 Å². The van der Waals surface area contributed by atoms with E-state index in [1.165, 1.54) is 11.3 Å². The van der Waals surface area contributed by atoms with Crippen molar-refractivity contribution in [3.63, 3.8) is 0 Å². The molecule has 0 amide bonds. The molecular weight excluding hydrogens is 544 g/mol. The molecule has 188 valence electrons. The van der Waals surface area contributed by atoms with Crippen molar-refractivity contribution < 1.29 is 19.0 Å². The normalized spacial score (nSPS) is 15.4. The van der Waals surface area contributed by atoms with Crippen LogP contribution in [0.2, 0.25) is 0 Å². The number of fused-ring (bicyclic) bond motifs is 1. The van der Waals surface area contributed by atoms with E-state index >= 15 is 0 Å². The maximum atomic E-state index is 13.8. The van der Waals surface area contributed by atoms with E-state index in [2.05, 4.69) is 20.9 Å². The zero-order valence-corrected chi connectivity index (χ0v) is 23.2. The van der Waals surface area contributed by atoms with Gasteiger partial charge in [-0.3, -0.25) is 9.36 Å². The second-order valence-electron chi connectivity index (χ2n) is 8.18. The van der Waals surface area contributed by atoms with Gasteiger partial charge in [-0.2, -0.15) is 0 Å². The van der Waals surface area contributed by atoms with Gasteiger partial charge < -0.3 is 14.2 Å². The molecule has 0 N–H and O–H groups in total. The van der Waals surface area contributed by atoms with E-state index in [1.807, 2.05) is 50.2 Å². The number of allylic oxidation sites excluding steroid dienone is 1. The van der Waals surface area contributed by atoms with Gasteiger partial charge in [0.1, 0.15) is 0 Å². The van der Waals surface area contributed by atoms with Gasteiger partial charge in [-0.1, -0.05) is 41.2 Å². The molecule has 9 heteroatoms. The number of carbonyl (C=O) groups is 1. The predicted octanol–water partition coefficient (Wildman–Crippen LogP) is 4.28. The average Bonchev–Trinajstić information content (AvgIpc) is 3.13. The first-order chi connectivity index (χ1) is 17.3. The highest BCUT2D eigenvalue weighted by Gasteiger charge is 2.33. The van der Waals surface area contributed by atoms with Crippen molar-refractivity contribution in [2.24, 2.45) is 4.99 Å². The molecule has 3 aromatic rings. The molecule has 0 unspecified atom stereocenters. The minimum Gasteiger partial charge on any atom is -0.492 e. The lowest BCUT2D eigenvalue weighted by Gasteiger charge is -2.24. The predicted molar refractivity (Wildman–Crippen MR) is 143 cm³/mol. The second kappa shape index (κ2) is 10.8. The minimum absolute atomic E-state index is 0.231. The Morgan fingerprint density at radius 2 is 1.89 bits per heavy atom. The third-order valence-electron chi connectivity index (χ3n) is 5.74. The van der Waals surface area contributed by atoms with Crippen molar-refractivity contribution >= 4 is 39.3 Å². The Labute approximate surface area is 221 Å². The number of carbonyl (C=O) groups excluding carboxylic acids is 1. The van der Waals surface area contributed by atoms with E-state index in [0.29, 0.717) is 43.2 Å². The van der Waals surface area contributed by atoms with Crippen LogP contribution in [0, 0.1) is 6.92 Å². The maximum Gasteiger partial charge on any atom is 0.338 e. The lowest BCUT2D eigenvalue weighted by atomic mass is 9.95. The monoisotopic (exact) mass is 570 g/mol. The van der Waals surface area contributed by atoms with Gasteiger partial charge >= 0.3 is 5.97 Å². The fourth-order valence-electron chi connectivity index (χ4n) is 4.14. The number of methoxy groups -OCH3 is 1. The molecule has 2 heterocycles. The topological polar surface area (TPSA) is 79.1 Å². The number of thiazole rings is 1. The summed E-state index contributed by atoms with van der Waals surface area (Å²) in [5.74, 6) is 0.690. The molecule has 0 radical (unpaired) electrons. The number of aryl methyl sites for hydroxylation is 1. The zero-order valence-electron chi connectivity index (χ0n) is 20.8. The summed E-state index contributed by atoms with van der Waals surface area (Å²) in [4.78, 5) is 31.9. The van der Waals surface area contributed by atoms with E-state index in [4.69, 9.17) is 14.2 Å². The molecule has 1 aliphatic rings. The number of benzene rings is 2. The number of hydrogen-bond acceptors (Lipinski definition) is 7. The van der Waals surface area contributed by atoms with Crippen LogP contribution in [0.3, 0.4) is 0 Å². The molecular formula is C27H27BrN2O5S. The van der Waals surface area contributed by atoms with E-state index in [1.54, 1.807) is 31.6 Å². The highest BCUT2D eigenvalue weighted by Crippen LogP contribution is 2.37. The molecule has 1 aromatic heterocycles. The molecule has 4 rings (SSSR count). The SMILES string of the molecule is CCOC(=O)C1=C(C)N=c2s/c(=C\c3cc(Br)c(OC)c(OCC)c3)c(=O)n2[C@H]1c1ccc(C)cc1. The fourth-order valence-corrected chi connectivity index (χ4v) is 5.81. The van der Waals surface area contributed by atoms with Crippen molar-refractivity contribution in [2.45, 2.75) is 33.7 Å². The van der Waals surface area contributed by atoms with Crippen LogP contribution in [0.5, 0.6) is 11.5 Å². The Kier molecular flexibility index (Phi) is 7.80. The standard InChI is InChI=1S/C27H27BrN2O5S/c1-6-34-20-13-17(12-19(28)24(20)33-5)14-21-25(31)30-23(18-10-8-15(3)9-11-18)22(26(32)35-7-2)16(4)29-27(30)36-21/h8-14,23H,6-7H2,1-5H3/b21-14-/t23-/m0/s1. The van der Waals surface area contributed by atoms with Crippen LogP contribution < -0.4 is 24.4 Å². The van der Waals surface area contributed by atoms with Crippen LogP contribution in [0.25, 0.3) is 6.08 Å². The maximum absolute atomic E-state index is 13.8. The van der Waals surface area contributed by atoms with E-state index in [-0.39, 0.29) is 12.2 Å². The smallest absolute Gasteiger partial charge is 0.338 e. The number of ether oxygens (including phenoxy) is 3. The van der Waals surface area contributed by atoms with Crippen molar-refractivity contribution in [2.75, 3.05) is 20.3 Å². The van der Waals surface area contributed by atoms with Gasteiger partial charge in [-0.05, 0) is 73.0 Å². The molecule has 0 bridgehead atoms. The van der Waals surface area contributed by atoms with Crippen molar-refractivity contribution in [1.82, 2.24) is 4.57 Å². The number of halogens is 1. The Morgan fingerprint density at radius 1 is 1.17 bits per heavy atom. The Bertz CT molecular complexity index is 1520. The van der Waals surface area contributed by atoms with Gasteiger partial charge in [0.05, 0.1) is 46.6 Å². The summed E-state index contributed by atoms with van der Waals surface area (Å²) in [5, 5.41) is 0. The third kappa shape index (κ3) is 4.90. The first-order valence-corrected chi connectivity index (χ1v) is 13.2. The first-order valence-electron chi connectivity index (χ1n) is 11.6. The number of esters is 1. The summed E-state index contributed by atoms with van der Waals surface area (Å²) >= 11 is 4.81. The van der Waals surface area contributed by atoms with Crippen LogP contribution in [-0.2, 0) is 9.53 Å². The van der Waals surface area contributed by atoms with Crippen molar-refractivity contribution in [3.8, 4) is 11.5 Å². The van der Waals surface area contributed by atoms with Gasteiger partial charge in [-0.25, -0.2) is 9.79 Å². The van der Waals surface area contributed by atoms with Gasteiger partial charge in [-0.15, -0.1) is 0 Å². The summed E-state index contributed by atoms with van der Waals surface area (Å²) in [6, 6.07) is 10.9. The van der Waals surface area contributed by atoms with Crippen LogP contribution >= 0.6 is 27.3 Å². The molecule has 1 atom stereocenters. The Hall–Kier alpha value is -3.17. The van der Waals surface area contributed by atoms with E-state index < -0.39 is 12.0 Å². The summed E-state index contributed by atoms with van der Waals surface area (Å²) < 4.78 is 19.3. The molecule has 0 saturated heterocycles. The van der Waals surface area contributed by atoms with Crippen molar-refractivity contribution in [1.29, 1.82) is 0 Å². The fraction of sp³-hybridized carbons (Fsp3) is 0.296. The number of nitrogens with zero attached hydrogens (tertiary/aromatic N) is 2. The number of rotatable bonds is 7. The lowest BCUT2D eigenvalue weighted by Crippen LogP contribution is -2.39. The molecule has 1 aliphatic heterocycles. The first kappa shape index (κ1) is 25.9. The van der Waals surface area contributed by atoms with E-state index in [0.717, 1.165) is 16.7 Å². The summed E-state index contributed by atoms with van der Waals surface area (Å²) in [6.07, 6.45) is 1.80. The largest absolute Gasteiger partial charge is 0.492 e. The summed E-state index contributed by atoms with van der Waals surface area (Å²) in [7, 11) is 1.58. The van der Waals surface area contributed by atoms with Crippen LogP contribution in [0.15, 0.2) is 61.9 Å². The average molecular weight is 571 g/mol.